The Morgan fingerprint density at radius 3 is 2.60 bits per heavy atom. The first-order valence-electron chi connectivity index (χ1n) is 7.94. The van der Waals surface area contributed by atoms with Crippen molar-refractivity contribution < 1.29 is 18.0 Å². The van der Waals surface area contributed by atoms with Crippen molar-refractivity contribution in [2.45, 2.75) is 24.2 Å². The van der Waals surface area contributed by atoms with Gasteiger partial charge in [-0.2, -0.15) is 0 Å². The van der Waals surface area contributed by atoms with Crippen LogP contribution in [0.15, 0.2) is 53.4 Å². The zero-order valence-corrected chi connectivity index (χ0v) is 14.3. The van der Waals surface area contributed by atoms with Gasteiger partial charge in [-0.25, -0.2) is 8.42 Å². The average Bonchev–Trinajstić information content (AvgIpc) is 2.61. The molecule has 1 aliphatic rings. The number of sulfone groups is 1. The monoisotopic (exact) mass is 358 g/mol. The highest BCUT2D eigenvalue weighted by molar-refractivity contribution is 7.91. The number of carbonyl (C=O) groups excluding carboxylic acids is 2. The van der Waals surface area contributed by atoms with E-state index in [2.05, 4.69) is 10.6 Å². The molecule has 0 aromatic heterocycles. The van der Waals surface area contributed by atoms with E-state index in [0.717, 1.165) is 11.3 Å². The van der Waals surface area contributed by atoms with E-state index in [1.54, 1.807) is 36.4 Å². The fourth-order valence-electron chi connectivity index (χ4n) is 2.66. The fraction of sp³-hybridized carbons (Fsp3) is 0.222. The molecule has 3 rings (SSSR count). The number of amides is 2. The van der Waals surface area contributed by atoms with Crippen LogP contribution in [0.25, 0.3) is 0 Å². The molecule has 25 heavy (non-hydrogen) atoms. The van der Waals surface area contributed by atoms with Gasteiger partial charge in [-0.3, -0.25) is 9.59 Å². The van der Waals surface area contributed by atoms with Gasteiger partial charge in [0.05, 0.1) is 10.6 Å². The zero-order chi connectivity index (χ0) is 17.9. The maximum absolute atomic E-state index is 12.2. The summed E-state index contributed by atoms with van der Waals surface area (Å²) in [5, 5.41) is 5.48. The summed E-state index contributed by atoms with van der Waals surface area (Å²) in [7, 11) is -3.48. The molecule has 2 aromatic rings. The van der Waals surface area contributed by atoms with Crippen molar-refractivity contribution >= 4 is 33.0 Å². The van der Waals surface area contributed by atoms with E-state index in [1.807, 2.05) is 0 Å². The molecule has 6 nitrogen and oxygen atoms in total. The van der Waals surface area contributed by atoms with Gasteiger partial charge in [-0.1, -0.05) is 18.2 Å². The van der Waals surface area contributed by atoms with Gasteiger partial charge < -0.3 is 10.6 Å². The summed E-state index contributed by atoms with van der Waals surface area (Å²) < 4.78 is 24.4. The second-order valence-corrected chi connectivity index (χ2v) is 7.96. The summed E-state index contributed by atoms with van der Waals surface area (Å²) in [5.74, 6) is -0.626. The molecular formula is C18H18N2O4S. The molecule has 0 spiro atoms. The average molecular weight is 358 g/mol. The number of benzene rings is 2. The summed E-state index contributed by atoms with van der Waals surface area (Å²) in [6, 6.07) is 13.3. The van der Waals surface area contributed by atoms with E-state index in [4.69, 9.17) is 0 Å². The van der Waals surface area contributed by atoms with Gasteiger partial charge in [-0.15, -0.1) is 0 Å². The summed E-state index contributed by atoms with van der Waals surface area (Å²) in [6.45, 7) is 0. The van der Waals surface area contributed by atoms with Crippen LogP contribution < -0.4 is 10.6 Å². The first-order valence-corrected chi connectivity index (χ1v) is 9.60. The molecule has 0 atom stereocenters. The Morgan fingerprint density at radius 2 is 1.84 bits per heavy atom. The largest absolute Gasteiger partial charge is 0.326 e. The van der Waals surface area contributed by atoms with Crippen LogP contribution in [0, 0.1) is 0 Å². The van der Waals surface area contributed by atoms with Gasteiger partial charge in [0.2, 0.25) is 11.8 Å². The third kappa shape index (κ3) is 4.24. The lowest BCUT2D eigenvalue weighted by Crippen LogP contribution is -2.20. The minimum absolute atomic E-state index is 0.0181. The van der Waals surface area contributed by atoms with Crippen LogP contribution in [0.4, 0.5) is 11.4 Å². The predicted octanol–water partition coefficient (Wildman–Crippen LogP) is 2.37. The maximum Gasteiger partial charge on any atom is 0.225 e. The molecule has 0 radical (unpaired) electrons. The molecule has 130 valence electrons. The molecule has 0 saturated heterocycles. The molecule has 1 heterocycles. The number of aryl methyl sites for hydroxylation is 1. The summed E-state index contributed by atoms with van der Waals surface area (Å²) >= 11 is 0. The molecular weight excluding hydrogens is 340 g/mol. The van der Waals surface area contributed by atoms with Crippen molar-refractivity contribution in [3.8, 4) is 0 Å². The lowest BCUT2D eigenvalue weighted by molar-refractivity contribution is -0.117. The SMILES string of the molecule is O=C(CCS(=O)(=O)c1ccccc1)Nc1ccc2c(c1)CCC(=O)N2. The Labute approximate surface area is 146 Å². The van der Waals surface area contributed by atoms with Crippen molar-refractivity contribution in [3.05, 3.63) is 54.1 Å². The number of nitrogens with one attached hydrogen (secondary N) is 2. The lowest BCUT2D eigenvalue weighted by atomic mass is 10.0. The standard InChI is InChI=1S/C18H18N2O4S/c21-17-9-6-13-12-14(7-8-16(13)20-17)19-18(22)10-11-25(23,24)15-4-2-1-3-5-15/h1-5,7-8,12H,6,9-11H2,(H,19,22)(H,20,21). The Kier molecular flexibility index (Phi) is 4.85. The topological polar surface area (TPSA) is 92.3 Å². The van der Waals surface area contributed by atoms with Gasteiger partial charge in [0.15, 0.2) is 9.84 Å². The number of rotatable bonds is 5. The Balaban J connectivity index is 1.61. The summed E-state index contributed by atoms with van der Waals surface area (Å²) in [4.78, 5) is 23.6. The van der Waals surface area contributed by atoms with Crippen LogP contribution in [-0.2, 0) is 25.8 Å². The second kappa shape index (κ2) is 7.06. The van der Waals surface area contributed by atoms with Crippen molar-refractivity contribution in [2.24, 2.45) is 0 Å². The molecule has 0 aliphatic carbocycles. The van der Waals surface area contributed by atoms with Crippen molar-refractivity contribution in [2.75, 3.05) is 16.4 Å². The smallest absolute Gasteiger partial charge is 0.225 e. The number of hydrogen-bond acceptors (Lipinski definition) is 4. The third-order valence-electron chi connectivity index (χ3n) is 3.98. The molecule has 7 heteroatoms. The predicted molar refractivity (Wildman–Crippen MR) is 95.1 cm³/mol. The van der Waals surface area contributed by atoms with E-state index < -0.39 is 9.84 Å². The van der Waals surface area contributed by atoms with Crippen LogP contribution in [0.5, 0.6) is 0 Å². The molecule has 0 fully saturated rings. The van der Waals surface area contributed by atoms with Crippen LogP contribution in [-0.4, -0.2) is 26.0 Å². The first-order chi connectivity index (χ1) is 11.9. The van der Waals surface area contributed by atoms with Crippen molar-refractivity contribution in [3.63, 3.8) is 0 Å². The highest BCUT2D eigenvalue weighted by Crippen LogP contribution is 2.25. The quantitative estimate of drug-likeness (QED) is 0.858. The third-order valence-corrected chi connectivity index (χ3v) is 5.72. The minimum Gasteiger partial charge on any atom is -0.326 e. The fourth-order valence-corrected chi connectivity index (χ4v) is 3.92. The molecule has 0 unspecified atom stereocenters. The van der Waals surface area contributed by atoms with E-state index in [9.17, 15) is 18.0 Å². The minimum atomic E-state index is -3.48. The molecule has 2 N–H and O–H groups in total. The van der Waals surface area contributed by atoms with Gasteiger partial charge in [0.25, 0.3) is 0 Å². The highest BCUT2D eigenvalue weighted by Gasteiger charge is 2.17. The molecule has 0 saturated carbocycles. The van der Waals surface area contributed by atoms with E-state index in [-0.39, 0.29) is 28.9 Å². The Morgan fingerprint density at radius 1 is 1.08 bits per heavy atom. The van der Waals surface area contributed by atoms with Crippen LogP contribution in [0.1, 0.15) is 18.4 Å². The Hall–Kier alpha value is -2.67. The number of anilines is 2. The number of hydrogen-bond donors (Lipinski definition) is 2. The van der Waals surface area contributed by atoms with Gasteiger partial charge >= 0.3 is 0 Å². The van der Waals surface area contributed by atoms with Crippen molar-refractivity contribution in [1.29, 1.82) is 0 Å². The Bertz CT molecular complexity index is 908. The van der Waals surface area contributed by atoms with E-state index in [1.165, 1.54) is 12.1 Å². The normalized spacial score (nSPS) is 13.7. The van der Waals surface area contributed by atoms with E-state index >= 15 is 0 Å². The lowest BCUT2D eigenvalue weighted by Gasteiger charge is -2.17. The van der Waals surface area contributed by atoms with Gasteiger partial charge in [-0.05, 0) is 42.3 Å². The highest BCUT2D eigenvalue weighted by atomic mass is 32.2. The molecule has 2 amide bonds. The first kappa shape index (κ1) is 17.2. The number of carbonyl (C=O) groups is 2. The van der Waals surface area contributed by atoms with Crippen LogP contribution in [0.2, 0.25) is 0 Å². The second-order valence-electron chi connectivity index (χ2n) is 5.85. The van der Waals surface area contributed by atoms with Crippen LogP contribution in [0.3, 0.4) is 0 Å². The summed E-state index contributed by atoms with van der Waals surface area (Å²) in [6.07, 6.45) is 0.915. The number of fused-ring (bicyclic) bond motifs is 1. The van der Waals surface area contributed by atoms with Gasteiger partial charge in [0, 0.05) is 24.2 Å². The van der Waals surface area contributed by atoms with Crippen molar-refractivity contribution in [1.82, 2.24) is 0 Å². The maximum atomic E-state index is 12.2. The molecule has 1 aliphatic heterocycles. The van der Waals surface area contributed by atoms with Crippen LogP contribution >= 0.6 is 0 Å². The molecule has 0 bridgehead atoms. The summed E-state index contributed by atoms with van der Waals surface area (Å²) in [5.41, 5.74) is 2.30. The zero-order valence-electron chi connectivity index (χ0n) is 13.5. The molecule has 2 aromatic carbocycles. The van der Waals surface area contributed by atoms with Gasteiger partial charge in [0.1, 0.15) is 0 Å². The van der Waals surface area contributed by atoms with E-state index in [0.29, 0.717) is 18.5 Å².